The lowest BCUT2D eigenvalue weighted by Gasteiger charge is -2.34. The SMILES string of the molecule is CS(=O)(=O)CCC(=O)N1CCC(C(=O)O)C(C(=O)O)C1. The van der Waals surface area contributed by atoms with Gasteiger partial charge in [-0.3, -0.25) is 14.4 Å². The average molecular weight is 307 g/mol. The summed E-state index contributed by atoms with van der Waals surface area (Å²) in [6.45, 7) is -0.0712. The number of carbonyl (C=O) groups excluding carboxylic acids is 1. The summed E-state index contributed by atoms with van der Waals surface area (Å²) in [6.07, 6.45) is 0.844. The van der Waals surface area contributed by atoms with Crippen molar-refractivity contribution >= 4 is 27.7 Å². The first-order chi connectivity index (χ1) is 9.11. The maximum atomic E-state index is 11.8. The number of aliphatic carboxylic acids is 2. The van der Waals surface area contributed by atoms with Gasteiger partial charge in [-0.2, -0.15) is 0 Å². The van der Waals surface area contributed by atoms with Crippen molar-refractivity contribution in [2.45, 2.75) is 12.8 Å². The van der Waals surface area contributed by atoms with Crippen LogP contribution in [0.15, 0.2) is 0 Å². The highest BCUT2D eigenvalue weighted by Crippen LogP contribution is 2.24. The minimum atomic E-state index is -3.27. The largest absolute Gasteiger partial charge is 0.481 e. The molecule has 0 bridgehead atoms. The number of likely N-dealkylation sites (tertiary alicyclic amines) is 1. The Morgan fingerprint density at radius 2 is 1.70 bits per heavy atom. The number of amides is 1. The van der Waals surface area contributed by atoms with Gasteiger partial charge in [-0.25, -0.2) is 8.42 Å². The number of hydrogen-bond donors (Lipinski definition) is 2. The zero-order valence-electron chi connectivity index (χ0n) is 11.0. The smallest absolute Gasteiger partial charge is 0.309 e. The van der Waals surface area contributed by atoms with Gasteiger partial charge in [0.2, 0.25) is 5.91 Å². The van der Waals surface area contributed by atoms with Crippen LogP contribution in [0.4, 0.5) is 0 Å². The molecule has 20 heavy (non-hydrogen) atoms. The van der Waals surface area contributed by atoms with Gasteiger partial charge in [0, 0.05) is 25.8 Å². The second kappa shape index (κ2) is 6.21. The van der Waals surface area contributed by atoms with E-state index >= 15 is 0 Å². The zero-order chi connectivity index (χ0) is 15.5. The van der Waals surface area contributed by atoms with Crippen molar-refractivity contribution in [3.8, 4) is 0 Å². The first-order valence-electron chi connectivity index (χ1n) is 6.03. The van der Waals surface area contributed by atoms with E-state index in [0.717, 1.165) is 6.26 Å². The van der Waals surface area contributed by atoms with Crippen LogP contribution >= 0.6 is 0 Å². The molecule has 0 aromatic carbocycles. The predicted molar refractivity (Wildman–Crippen MR) is 67.8 cm³/mol. The first-order valence-corrected chi connectivity index (χ1v) is 8.09. The van der Waals surface area contributed by atoms with Gasteiger partial charge in [-0.15, -0.1) is 0 Å². The molecule has 114 valence electrons. The van der Waals surface area contributed by atoms with Gasteiger partial charge in [0.05, 0.1) is 17.6 Å². The van der Waals surface area contributed by atoms with Crippen molar-refractivity contribution in [2.24, 2.45) is 11.8 Å². The molecule has 2 atom stereocenters. The van der Waals surface area contributed by atoms with E-state index in [1.54, 1.807) is 0 Å². The molecule has 1 amide bonds. The second-order valence-corrected chi connectivity index (χ2v) is 7.16. The molecule has 2 unspecified atom stereocenters. The van der Waals surface area contributed by atoms with Crippen molar-refractivity contribution in [1.82, 2.24) is 4.90 Å². The number of carboxylic acids is 2. The summed E-state index contributed by atoms with van der Waals surface area (Å²) in [4.78, 5) is 35.1. The van der Waals surface area contributed by atoms with Gasteiger partial charge < -0.3 is 15.1 Å². The van der Waals surface area contributed by atoms with E-state index in [1.807, 2.05) is 0 Å². The maximum absolute atomic E-state index is 11.8. The van der Waals surface area contributed by atoms with Crippen molar-refractivity contribution in [1.29, 1.82) is 0 Å². The zero-order valence-corrected chi connectivity index (χ0v) is 11.8. The minimum Gasteiger partial charge on any atom is -0.481 e. The number of hydrogen-bond acceptors (Lipinski definition) is 5. The van der Waals surface area contributed by atoms with Crippen molar-refractivity contribution in [3.05, 3.63) is 0 Å². The van der Waals surface area contributed by atoms with Crippen LogP contribution in [0.1, 0.15) is 12.8 Å². The molecular weight excluding hydrogens is 290 g/mol. The van der Waals surface area contributed by atoms with Gasteiger partial charge in [0.15, 0.2) is 0 Å². The Morgan fingerprint density at radius 1 is 1.15 bits per heavy atom. The summed E-state index contributed by atoms with van der Waals surface area (Å²) < 4.78 is 22.0. The number of rotatable bonds is 5. The van der Waals surface area contributed by atoms with Crippen molar-refractivity contribution in [3.63, 3.8) is 0 Å². The van der Waals surface area contributed by atoms with Gasteiger partial charge >= 0.3 is 11.9 Å². The Hall–Kier alpha value is -1.64. The van der Waals surface area contributed by atoms with Crippen molar-refractivity contribution < 1.29 is 33.0 Å². The number of sulfone groups is 1. The van der Waals surface area contributed by atoms with Gasteiger partial charge in [-0.1, -0.05) is 0 Å². The maximum Gasteiger partial charge on any atom is 0.309 e. The molecule has 1 saturated heterocycles. The van der Waals surface area contributed by atoms with E-state index in [-0.39, 0.29) is 31.7 Å². The summed E-state index contributed by atoms with van der Waals surface area (Å²) in [7, 11) is -3.27. The van der Waals surface area contributed by atoms with E-state index in [4.69, 9.17) is 10.2 Å². The molecule has 0 aliphatic carbocycles. The number of piperidine rings is 1. The quantitative estimate of drug-likeness (QED) is 0.670. The van der Waals surface area contributed by atoms with E-state index in [0.29, 0.717) is 0 Å². The van der Waals surface area contributed by atoms with Gasteiger partial charge in [0.1, 0.15) is 9.84 Å². The lowest BCUT2D eigenvalue weighted by atomic mass is 9.85. The molecule has 0 radical (unpaired) electrons. The van der Waals surface area contributed by atoms with Crippen LogP contribution in [0.3, 0.4) is 0 Å². The predicted octanol–water partition coefficient (Wildman–Crippen LogP) is -0.945. The molecule has 1 heterocycles. The Balaban J connectivity index is 2.69. The highest BCUT2D eigenvalue weighted by atomic mass is 32.2. The van der Waals surface area contributed by atoms with Crippen molar-refractivity contribution in [2.75, 3.05) is 25.1 Å². The van der Waals surface area contributed by atoms with Crippen LogP contribution in [-0.2, 0) is 24.2 Å². The average Bonchev–Trinajstić information content (AvgIpc) is 2.34. The van der Waals surface area contributed by atoms with E-state index < -0.39 is 39.5 Å². The van der Waals surface area contributed by atoms with Crippen LogP contribution in [0, 0.1) is 11.8 Å². The lowest BCUT2D eigenvalue weighted by Crippen LogP contribution is -2.48. The van der Waals surface area contributed by atoms with Gasteiger partial charge in [-0.05, 0) is 6.42 Å². The van der Waals surface area contributed by atoms with Crippen LogP contribution in [0.5, 0.6) is 0 Å². The molecule has 1 fully saturated rings. The number of carbonyl (C=O) groups is 3. The summed E-state index contributed by atoms with van der Waals surface area (Å²) in [5.74, 6) is -5.42. The molecule has 0 spiro atoms. The lowest BCUT2D eigenvalue weighted by molar-refractivity contribution is -0.159. The molecule has 0 saturated carbocycles. The molecule has 1 aliphatic rings. The molecular formula is C11H17NO7S. The van der Waals surface area contributed by atoms with Crippen LogP contribution in [-0.4, -0.2) is 66.5 Å². The molecule has 1 aliphatic heterocycles. The van der Waals surface area contributed by atoms with Gasteiger partial charge in [0.25, 0.3) is 0 Å². The Bertz CT molecular complexity index is 513. The van der Waals surface area contributed by atoms with Crippen LogP contribution in [0.2, 0.25) is 0 Å². The monoisotopic (exact) mass is 307 g/mol. The summed E-state index contributed by atoms with van der Waals surface area (Å²) in [5, 5.41) is 18.0. The van der Waals surface area contributed by atoms with E-state index in [9.17, 15) is 22.8 Å². The summed E-state index contributed by atoms with van der Waals surface area (Å²) in [6, 6.07) is 0. The van der Waals surface area contributed by atoms with Crippen LogP contribution < -0.4 is 0 Å². The highest BCUT2D eigenvalue weighted by molar-refractivity contribution is 7.90. The Morgan fingerprint density at radius 3 is 2.15 bits per heavy atom. The highest BCUT2D eigenvalue weighted by Gasteiger charge is 2.39. The fraction of sp³-hybridized carbons (Fsp3) is 0.727. The summed E-state index contributed by atoms with van der Waals surface area (Å²) >= 11 is 0. The van der Waals surface area contributed by atoms with E-state index in [1.165, 1.54) is 4.90 Å². The normalized spacial score (nSPS) is 23.4. The molecule has 2 N–H and O–H groups in total. The molecule has 0 aromatic heterocycles. The third-order valence-corrected chi connectivity index (χ3v) is 4.23. The topological polar surface area (TPSA) is 129 Å². The summed E-state index contributed by atoms with van der Waals surface area (Å²) in [5.41, 5.74) is 0. The first kappa shape index (κ1) is 16.4. The third kappa shape index (κ3) is 4.48. The molecule has 9 heteroatoms. The number of carboxylic acid groups (broad SMARTS) is 2. The number of nitrogens with zero attached hydrogens (tertiary/aromatic N) is 1. The molecule has 0 aromatic rings. The molecule has 8 nitrogen and oxygen atoms in total. The fourth-order valence-electron chi connectivity index (χ4n) is 2.16. The van der Waals surface area contributed by atoms with Crippen LogP contribution in [0.25, 0.3) is 0 Å². The molecule has 1 rings (SSSR count). The Labute approximate surface area is 116 Å². The second-order valence-electron chi connectivity index (χ2n) is 4.90. The Kier molecular flexibility index (Phi) is 5.09. The fourth-order valence-corrected chi connectivity index (χ4v) is 2.70. The van der Waals surface area contributed by atoms with E-state index in [2.05, 4.69) is 0 Å². The minimum absolute atomic E-state index is 0.0525. The standard InChI is InChI=1S/C11H17NO7S/c1-20(18,19)5-3-9(13)12-4-2-7(10(14)15)8(6-12)11(16)17/h7-8H,2-6H2,1H3,(H,14,15)(H,16,17). The third-order valence-electron chi connectivity index (χ3n) is 3.29.